The second-order valence-corrected chi connectivity index (χ2v) is 14.7. The topological polar surface area (TPSA) is 36.7 Å². The second kappa shape index (κ2) is 10.6. The van der Waals surface area contributed by atoms with Crippen LogP contribution in [0.1, 0.15) is 48.8 Å². The van der Waals surface area contributed by atoms with Crippen LogP contribution < -0.4 is 0 Å². The fourth-order valence-electron chi connectivity index (χ4n) is 10.5. The molecule has 1 spiro atoms. The maximum atomic E-state index is 9.95. The van der Waals surface area contributed by atoms with Crippen molar-refractivity contribution < 1.29 is 0 Å². The first-order valence-corrected chi connectivity index (χ1v) is 17.6. The van der Waals surface area contributed by atoms with Crippen LogP contribution in [0.2, 0.25) is 0 Å². The van der Waals surface area contributed by atoms with E-state index in [1.165, 1.54) is 76.6 Å². The summed E-state index contributed by atoms with van der Waals surface area (Å²) in [5.41, 5.74) is 15.6. The molecular formula is C46H36N2. The molecule has 4 bridgehead atoms. The molecule has 48 heavy (non-hydrogen) atoms. The number of hydrogen-bond acceptors (Lipinski definition) is 2. The number of nitrogens with zero attached hydrogens (tertiary/aromatic N) is 2. The summed E-state index contributed by atoms with van der Waals surface area (Å²) in [5.74, 6) is 3.08. The summed E-state index contributed by atoms with van der Waals surface area (Å²) in [6.07, 6.45) is 6.76. The van der Waals surface area contributed by atoms with Crippen molar-refractivity contribution in [1.29, 1.82) is 5.26 Å². The third-order valence-electron chi connectivity index (χ3n) is 12.3. The van der Waals surface area contributed by atoms with Gasteiger partial charge < -0.3 is 0 Å². The van der Waals surface area contributed by atoms with E-state index in [1.54, 1.807) is 0 Å². The zero-order valence-corrected chi connectivity index (χ0v) is 26.9. The van der Waals surface area contributed by atoms with Gasteiger partial charge in [0.2, 0.25) is 0 Å². The van der Waals surface area contributed by atoms with Gasteiger partial charge in [0, 0.05) is 16.5 Å². The SMILES string of the molecule is N#Cc1ccc2c(c1)C1(c3cc(-c4cccc(-c5cc(-c6ccccc6)nc(-c6ccccc6)c5)c4)ccc3-2)C2CC3CC(C2)CC1C3. The van der Waals surface area contributed by atoms with Gasteiger partial charge in [-0.1, -0.05) is 97.1 Å². The Hall–Kier alpha value is -5.26. The van der Waals surface area contributed by atoms with Gasteiger partial charge in [-0.2, -0.15) is 5.26 Å². The Morgan fingerprint density at radius 2 is 1.00 bits per heavy atom. The number of pyridine rings is 1. The molecule has 0 saturated heterocycles. The molecule has 6 aromatic rings. The second-order valence-electron chi connectivity index (χ2n) is 14.7. The van der Waals surface area contributed by atoms with E-state index in [2.05, 4.69) is 133 Å². The fraction of sp³-hybridized carbons (Fsp3) is 0.217. The largest absolute Gasteiger partial charge is 0.248 e. The Kier molecular flexibility index (Phi) is 6.16. The van der Waals surface area contributed by atoms with E-state index in [0.29, 0.717) is 11.8 Å². The van der Waals surface area contributed by atoms with Crippen molar-refractivity contribution in [3.63, 3.8) is 0 Å². The smallest absolute Gasteiger partial charge is 0.0991 e. The third kappa shape index (κ3) is 4.13. The molecule has 1 aromatic heterocycles. The molecule has 0 amide bonds. The van der Waals surface area contributed by atoms with Crippen molar-refractivity contribution in [2.24, 2.45) is 23.7 Å². The minimum Gasteiger partial charge on any atom is -0.248 e. The predicted octanol–water partition coefficient (Wildman–Crippen LogP) is 11.3. The summed E-state index contributed by atoms with van der Waals surface area (Å²) >= 11 is 0. The first-order chi connectivity index (χ1) is 23.7. The Balaban J connectivity index is 1.11. The van der Waals surface area contributed by atoms with Gasteiger partial charge in [-0.05, 0) is 137 Å². The van der Waals surface area contributed by atoms with Gasteiger partial charge in [0.1, 0.15) is 0 Å². The lowest BCUT2D eigenvalue weighted by Gasteiger charge is -2.61. The minimum absolute atomic E-state index is 0.0266. The van der Waals surface area contributed by atoms with Crippen LogP contribution >= 0.6 is 0 Å². The average molecular weight is 617 g/mol. The van der Waals surface area contributed by atoms with E-state index in [0.717, 1.165) is 39.9 Å². The van der Waals surface area contributed by atoms with Crippen LogP contribution in [0.15, 0.2) is 133 Å². The quantitative estimate of drug-likeness (QED) is 0.198. The summed E-state index contributed by atoms with van der Waals surface area (Å²) < 4.78 is 0. The number of aromatic nitrogens is 1. The summed E-state index contributed by atoms with van der Waals surface area (Å²) in [6, 6.07) is 50.8. The highest BCUT2D eigenvalue weighted by Crippen LogP contribution is 2.69. The molecule has 4 fully saturated rings. The molecule has 1 heterocycles. The lowest BCUT2D eigenvalue weighted by Crippen LogP contribution is -2.55. The fourth-order valence-corrected chi connectivity index (χ4v) is 10.5. The monoisotopic (exact) mass is 616 g/mol. The number of rotatable bonds is 4. The van der Waals surface area contributed by atoms with Crippen LogP contribution in [-0.4, -0.2) is 4.98 Å². The Morgan fingerprint density at radius 3 is 1.60 bits per heavy atom. The molecular weight excluding hydrogens is 581 g/mol. The van der Waals surface area contributed by atoms with Gasteiger partial charge in [-0.15, -0.1) is 0 Å². The number of hydrogen-bond donors (Lipinski definition) is 0. The third-order valence-corrected chi connectivity index (χ3v) is 12.3. The van der Waals surface area contributed by atoms with Crippen molar-refractivity contribution >= 4 is 0 Å². The van der Waals surface area contributed by atoms with Crippen molar-refractivity contribution in [3.8, 4) is 62.0 Å². The van der Waals surface area contributed by atoms with E-state index >= 15 is 0 Å². The molecule has 0 radical (unpaired) electrons. The molecule has 5 aliphatic carbocycles. The predicted molar refractivity (Wildman–Crippen MR) is 194 cm³/mol. The lowest BCUT2D eigenvalue weighted by molar-refractivity contribution is -0.0399. The molecule has 11 rings (SSSR count). The highest BCUT2D eigenvalue weighted by molar-refractivity contribution is 5.86. The zero-order chi connectivity index (χ0) is 31.8. The maximum Gasteiger partial charge on any atom is 0.0991 e. The van der Waals surface area contributed by atoms with E-state index in [1.807, 2.05) is 6.07 Å². The van der Waals surface area contributed by atoms with E-state index in [-0.39, 0.29) is 5.41 Å². The summed E-state index contributed by atoms with van der Waals surface area (Å²) in [7, 11) is 0. The van der Waals surface area contributed by atoms with Crippen molar-refractivity contribution in [2.75, 3.05) is 0 Å². The summed E-state index contributed by atoms with van der Waals surface area (Å²) in [5, 5.41) is 9.95. The molecule has 0 unspecified atom stereocenters. The van der Waals surface area contributed by atoms with Gasteiger partial charge in [0.25, 0.3) is 0 Å². The number of fused-ring (bicyclic) bond motifs is 3. The van der Waals surface area contributed by atoms with Crippen molar-refractivity contribution in [3.05, 3.63) is 150 Å². The zero-order valence-electron chi connectivity index (χ0n) is 26.9. The lowest BCUT2D eigenvalue weighted by atomic mass is 9.43. The molecule has 2 nitrogen and oxygen atoms in total. The van der Waals surface area contributed by atoms with Crippen molar-refractivity contribution in [2.45, 2.75) is 37.5 Å². The average Bonchev–Trinajstić information content (AvgIpc) is 3.43. The molecule has 2 heteroatoms. The van der Waals surface area contributed by atoms with Crippen LogP contribution in [0.5, 0.6) is 0 Å². The van der Waals surface area contributed by atoms with Gasteiger partial charge in [-0.3, -0.25) is 0 Å². The summed E-state index contributed by atoms with van der Waals surface area (Å²) in [4.78, 5) is 5.12. The number of nitriles is 1. The van der Waals surface area contributed by atoms with E-state index < -0.39 is 0 Å². The molecule has 5 aliphatic rings. The van der Waals surface area contributed by atoms with Gasteiger partial charge in [-0.25, -0.2) is 4.98 Å². The highest BCUT2D eigenvalue weighted by Gasteiger charge is 2.61. The molecule has 4 saturated carbocycles. The standard InChI is InChI=1S/C46H36N2/c47-28-29-14-16-40-41-17-15-36(25-43(41)46(42(40)23-29)38-19-30-18-31(21-38)22-39(46)20-30)34-12-7-13-35(24-34)37-26-44(32-8-3-1-4-9-32)48-45(27-37)33-10-5-2-6-11-33/h1-17,23-27,30-31,38-39H,18-22H2. The normalized spacial score (nSPS) is 24.3. The van der Waals surface area contributed by atoms with Crippen molar-refractivity contribution in [1.82, 2.24) is 4.98 Å². The Labute approximate surface area is 282 Å². The van der Waals surface area contributed by atoms with Gasteiger partial charge >= 0.3 is 0 Å². The van der Waals surface area contributed by atoms with Crippen LogP contribution in [0.3, 0.4) is 0 Å². The van der Waals surface area contributed by atoms with Gasteiger partial charge in [0.05, 0.1) is 23.0 Å². The van der Waals surface area contributed by atoms with E-state index in [9.17, 15) is 5.26 Å². The first kappa shape index (κ1) is 27.8. The molecule has 0 N–H and O–H groups in total. The minimum atomic E-state index is 0.0266. The Morgan fingerprint density at radius 1 is 0.479 bits per heavy atom. The van der Waals surface area contributed by atoms with Crippen LogP contribution in [0.25, 0.3) is 55.9 Å². The molecule has 230 valence electrons. The Bertz CT molecular complexity index is 2170. The molecule has 0 atom stereocenters. The highest BCUT2D eigenvalue weighted by atomic mass is 14.7. The van der Waals surface area contributed by atoms with Crippen LogP contribution in [0, 0.1) is 35.0 Å². The summed E-state index contributed by atoms with van der Waals surface area (Å²) in [6.45, 7) is 0. The molecule has 0 aliphatic heterocycles. The van der Waals surface area contributed by atoms with Crippen LogP contribution in [0.4, 0.5) is 0 Å². The maximum absolute atomic E-state index is 9.95. The first-order valence-electron chi connectivity index (χ1n) is 17.6. The number of benzene rings is 5. The molecule has 5 aromatic carbocycles. The van der Waals surface area contributed by atoms with Crippen LogP contribution in [-0.2, 0) is 5.41 Å². The van der Waals surface area contributed by atoms with E-state index in [4.69, 9.17) is 4.98 Å². The van der Waals surface area contributed by atoms with Gasteiger partial charge in [0.15, 0.2) is 0 Å².